The number of guanidine groups is 1. The highest BCUT2D eigenvalue weighted by molar-refractivity contribution is 14.0. The maximum Gasteiger partial charge on any atom is 0.193 e. The third-order valence-electron chi connectivity index (χ3n) is 5.15. The molecular formula is C18H31IN4S. The number of nitrogens with zero attached hydrogens (tertiary/aromatic N) is 3. The van der Waals surface area contributed by atoms with Crippen LogP contribution < -0.4 is 5.32 Å². The zero-order chi connectivity index (χ0) is 16.1. The lowest BCUT2D eigenvalue weighted by molar-refractivity contribution is 0.299. The molecule has 1 aliphatic carbocycles. The van der Waals surface area contributed by atoms with Crippen molar-refractivity contribution in [3.63, 3.8) is 0 Å². The summed E-state index contributed by atoms with van der Waals surface area (Å²) in [4.78, 5) is 13.3. The van der Waals surface area contributed by atoms with Gasteiger partial charge in [-0.1, -0.05) is 19.8 Å². The number of likely N-dealkylation sites (tertiary alicyclic amines) is 1. The Labute approximate surface area is 167 Å². The van der Waals surface area contributed by atoms with E-state index >= 15 is 0 Å². The van der Waals surface area contributed by atoms with E-state index in [1.165, 1.54) is 48.7 Å². The minimum absolute atomic E-state index is 0. The highest BCUT2D eigenvalue weighted by atomic mass is 127. The number of hydrogen-bond donors (Lipinski definition) is 1. The number of nitrogens with one attached hydrogen (secondary N) is 1. The fraction of sp³-hybridized carbons (Fsp3) is 0.778. The number of rotatable bonds is 5. The largest absolute Gasteiger partial charge is 0.357 e. The molecule has 0 bridgehead atoms. The van der Waals surface area contributed by atoms with E-state index in [4.69, 9.17) is 4.99 Å². The molecule has 1 aromatic heterocycles. The van der Waals surface area contributed by atoms with Crippen LogP contribution in [0.4, 0.5) is 0 Å². The second-order valence-corrected chi connectivity index (χ2v) is 7.97. The van der Waals surface area contributed by atoms with Gasteiger partial charge in [-0.15, -0.1) is 35.3 Å². The fourth-order valence-electron chi connectivity index (χ4n) is 3.89. The predicted octanol–water partition coefficient (Wildman–Crippen LogP) is 3.95. The van der Waals surface area contributed by atoms with Gasteiger partial charge in [-0.2, -0.15) is 0 Å². The number of thiazole rings is 1. The summed E-state index contributed by atoms with van der Waals surface area (Å²) in [7, 11) is 0. The standard InChI is InChI=1S/C18H30N4S.HI/c1-3-16-11-21-17(23-16)9-10-20-18(19-4-2)22-12-14-7-5-6-8-15(14)13-22;/h11,14-15H,3-10,12-13H2,1-2H3,(H,19,20);1H. The van der Waals surface area contributed by atoms with Gasteiger partial charge in [-0.3, -0.25) is 4.99 Å². The molecule has 3 rings (SSSR count). The van der Waals surface area contributed by atoms with Crippen molar-refractivity contribution >= 4 is 41.3 Å². The van der Waals surface area contributed by atoms with Crippen LogP contribution in [0.5, 0.6) is 0 Å². The van der Waals surface area contributed by atoms with E-state index < -0.39 is 0 Å². The molecule has 2 unspecified atom stereocenters. The molecule has 1 aliphatic heterocycles. The summed E-state index contributed by atoms with van der Waals surface area (Å²) in [5, 5.41) is 4.71. The Kier molecular flexibility index (Phi) is 8.27. The number of hydrogen-bond acceptors (Lipinski definition) is 3. The summed E-state index contributed by atoms with van der Waals surface area (Å²) in [6.45, 7) is 8.53. The van der Waals surface area contributed by atoms with Crippen LogP contribution in [0.2, 0.25) is 0 Å². The van der Waals surface area contributed by atoms with Gasteiger partial charge in [0, 0.05) is 43.7 Å². The van der Waals surface area contributed by atoms with Gasteiger partial charge >= 0.3 is 0 Å². The molecule has 2 fully saturated rings. The Balaban J connectivity index is 0.00000208. The topological polar surface area (TPSA) is 40.5 Å². The first-order valence-corrected chi connectivity index (χ1v) is 10.1. The van der Waals surface area contributed by atoms with E-state index in [9.17, 15) is 0 Å². The van der Waals surface area contributed by atoms with Crippen molar-refractivity contribution in [3.05, 3.63) is 16.1 Å². The molecule has 0 radical (unpaired) electrons. The molecule has 2 heterocycles. The summed E-state index contributed by atoms with van der Waals surface area (Å²) in [6.07, 6.45) is 9.73. The van der Waals surface area contributed by atoms with Crippen LogP contribution >= 0.6 is 35.3 Å². The molecule has 2 atom stereocenters. The molecular weight excluding hydrogens is 431 g/mol. The van der Waals surface area contributed by atoms with Crippen molar-refractivity contribution in [1.29, 1.82) is 0 Å². The minimum atomic E-state index is 0. The average molecular weight is 462 g/mol. The highest BCUT2D eigenvalue weighted by Gasteiger charge is 2.35. The van der Waals surface area contributed by atoms with Gasteiger partial charge in [0.25, 0.3) is 0 Å². The van der Waals surface area contributed by atoms with Crippen LogP contribution in [0.15, 0.2) is 11.2 Å². The normalized spacial score (nSPS) is 23.8. The molecule has 4 nitrogen and oxygen atoms in total. The predicted molar refractivity (Wildman–Crippen MR) is 114 cm³/mol. The quantitative estimate of drug-likeness (QED) is 0.409. The number of halogens is 1. The smallest absolute Gasteiger partial charge is 0.193 e. The number of aromatic nitrogens is 1. The van der Waals surface area contributed by atoms with Gasteiger partial charge in [0.2, 0.25) is 0 Å². The monoisotopic (exact) mass is 462 g/mol. The summed E-state index contributed by atoms with van der Waals surface area (Å²) in [5.74, 6) is 2.92. The van der Waals surface area contributed by atoms with Crippen LogP contribution in [0.3, 0.4) is 0 Å². The highest BCUT2D eigenvalue weighted by Crippen LogP contribution is 2.35. The fourth-order valence-corrected chi connectivity index (χ4v) is 4.74. The van der Waals surface area contributed by atoms with Crippen molar-refractivity contribution in [2.45, 2.75) is 52.4 Å². The van der Waals surface area contributed by atoms with Crippen LogP contribution in [0, 0.1) is 11.8 Å². The molecule has 0 amide bonds. The maximum atomic E-state index is 4.88. The Morgan fingerprint density at radius 1 is 1.29 bits per heavy atom. The van der Waals surface area contributed by atoms with Gasteiger partial charge in [-0.05, 0) is 38.0 Å². The van der Waals surface area contributed by atoms with E-state index in [0.717, 1.165) is 43.7 Å². The number of aliphatic imine (C=N–C) groups is 1. The summed E-state index contributed by atoms with van der Waals surface area (Å²) in [5.41, 5.74) is 0. The average Bonchev–Trinajstić information content (AvgIpc) is 3.20. The molecule has 136 valence electrons. The van der Waals surface area contributed by atoms with Crippen LogP contribution in [-0.4, -0.2) is 42.0 Å². The van der Waals surface area contributed by atoms with Gasteiger partial charge in [0.1, 0.15) is 0 Å². The maximum absolute atomic E-state index is 4.88. The van der Waals surface area contributed by atoms with Gasteiger partial charge < -0.3 is 10.2 Å². The first kappa shape index (κ1) is 19.9. The summed E-state index contributed by atoms with van der Waals surface area (Å²) in [6, 6.07) is 0. The van der Waals surface area contributed by atoms with E-state index in [-0.39, 0.29) is 24.0 Å². The van der Waals surface area contributed by atoms with Crippen LogP contribution in [-0.2, 0) is 12.8 Å². The van der Waals surface area contributed by atoms with Crippen LogP contribution in [0.1, 0.15) is 49.4 Å². The Morgan fingerprint density at radius 3 is 2.58 bits per heavy atom. The number of aryl methyl sites for hydroxylation is 1. The summed E-state index contributed by atoms with van der Waals surface area (Å²) >= 11 is 1.83. The van der Waals surface area contributed by atoms with Gasteiger partial charge in [-0.25, -0.2) is 4.98 Å². The third-order valence-corrected chi connectivity index (χ3v) is 6.35. The molecule has 0 spiro atoms. The second-order valence-electron chi connectivity index (χ2n) is 6.77. The van der Waals surface area contributed by atoms with E-state index in [1.807, 2.05) is 17.5 Å². The molecule has 2 aliphatic rings. The lowest BCUT2D eigenvalue weighted by Gasteiger charge is -2.22. The Bertz CT molecular complexity index is 517. The van der Waals surface area contributed by atoms with E-state index in [1.54, 1.807) is 0 Å². The molecule has 24 heavy (non-hydrogen) atoms. The van der Waals surface area contributed by atoms with Crippen molar-refractivity contribution in [3.8, 4) is 0 Å². The zero-order valence-electron chi connectivity index (χ0n) is 15.0. The van der Waals surface area contributed by atoms with Gasteiger partial charge in [0.05, 0.1) is 5.01 Å². The first-order valence-electron chi connectivity index (χ1n) is 9.27. The molecule has 1 saturated carbocycles. The lowest BCUT2D eigenvalue weighted by atomic mass is 9.82. The molecule has 0 aromatic carbocycles. The Morgan fingerprint density at radius 2 is 2.00 bits per heavy atom. The van der Waals surface area contributed by atoms with Gasteiger partial charge in [0.15, 0.2) is 5.96 Å². The number of fused-ring (bicyclic) bond motifs is 1. The van der Waals surface area contributed by atoms with Crippen molar-refractivity contribution in [1.82, 2.24) is 15.2 Å². The molecule has 1 saturated heterocycles. The second kappa shape index (κ2) is 9.94. The zero-order valence-corrected chi connectivity index (χ0v) is 18.1. The van der Waals surface area contributed by atoms with Crippen molar-refractivity contribution in [2.75, 3.05) is 26.2 Å². The summed E-state index contributed by atoms with van der Waals surface area (Å²) < 4.78 is 0. The third kappa shape index (κ3) is 5.07. The Hall–Kier alpha value is -0.370. The lowest BCUT2D eigenvalue weighted by Crippen LogP contribution is -2.40. The van der Waals surface area contributed by atoms with Crippen molar-refractivity contribution < 1.29 is 0 Å². The molecule has 1 aromatic rings. The van der Waals surface area contributed by atoms with E-state index in [0.29, 0.717) is 0 Å². The van der Waals surface area contributed by atoms with E-state index in [2.05, 4.69) is 29.0 Å². The first-order chi connectivity index (χ1) is 11.3. The van der Waals surface area contributed by atoms with Crippen molar-refractivity contribution in [2.24, 2.45) is 16.8 Å². The SMILES string of the molecule is CCNC(=NCCc1ncc(CC)s1)N1CC2CCCCC2C1.I. The van der Waals surface area contributed by atoms with Crippen LogP contribution in [0.25, 0.3) is 0 Å². The molecule has 6 heteroatoms. The molecule has 1 N–H and O–H groups in total. The minimum Gasteiger partial charge on any atom is -0.357 e.